The summed E-state index contributed by atoms with van der Waals surface area (Å²) in [6.07, 6.45) is 6.25. The van der Waals surface area contributed by atoms with E-state index < -0.39 is 0 Å². The molecule has 3 rings (SSSR count). The van der Waals surface area contributed by atoms with E-state index in [1.165, 1.54) is 31.2 Å². The van der Waals surface area contributed by atoms with Crippen LogP contribution in [-0.4, -0.2) is 26.8 Å². The van der Waals surface area contributed by atoms with Crippen LogP contribution in [0.2, 0.25) is 0 Å². The van der Waals surface area contributed by atoms with E-state index in [1.54, 1.807) is 7.11 Å². The summed E-state index contributed by atoms with van der Waals surface area (Å²) in [4.78, 5) is 0. The fourth-order valence-corrected chi connectivity index (χ4v) is 3.54. The van der Waals surface area contributed by atoms with Gasteiger partial charge in [-0.3, -0.25) is 0 Å². The van der Waals surface area contributed by atoms with Crippen LogP contribution in [0.4, 0.5) is 0 Å². The number of nitrogens with one attached hydrogen (secondary N) is 1. The summed E-state index contributed by atoms with van der Waals surface area (Å²) >= 11 is 3.66. The van der Waals surface area contributed by atoms with E-state index in [2.05, 4.69) is 33.4 Å². The molecule has 2 aliphatic rings. The van der Waals surface area contributed by atoms with Crippen LogP contribution in [0.15, 0.2) is 16.6 Å². The van der Waals surface area contributed by atoms with Crippen LogP contribution in [0.5, 0.6) is 11.5 Å². The molecule has 3 nitrogen and oxygen atoms in total. The molecule has 1 heterocycles. The highest BCUT2D eigenvalue weighted by atomic mass is 79.9. The molecular formula is C17H24BrNO2. The number of halogens is 1. The average Bonchev–Trinajstić information content (AvgIpc) is 3.31. The highest BCUT2D eigenvalue weighted by molar-refractivity contribution is 9.10. The summed E-state index contributed by atoms with van der Waals surface area (Å²) in [5.74, 6) is 3.24. The molecule has 1 aliphatic heterocycles. The third-order valence-electron chi connectivity index (χ3n) is 4.43. The van der Waals surface area contributed by atoms with Crippen molar-refractivity contribution in [2.75, 3.05) is 26.8 Å². The maximum atomic E-state index is 5.95. The fraction of sp³-hybridized carbons (Fsp3) is 0.647. The minimum atomic E-state index is 0.746. The molecule has 1 aliphatic carbocycles. The Morgan fingerprint density at radius 1 is 1.14 bits per heavy atom. The standard InChI is InChI=1S/C17H24BrNO2/c1-20-16-10-14(8-12-4-6-19-7-5-12)9-15(18)17(16)21-11-13-2-3-13/h9-10,12-13,19H,2-8,11H2,1H3. The predicted molar refractivity (Wildman–Crippen MR) is 88.2 cm³/mol. The first-order valence-corrected chi connectivity index (χ1v) is 8.75. The highest BCUT2D eigenvalue weighted by Crippen LogP contribution is 2.39. The first-order valence-electron chi connectivity index (χ1n) is 7.96. The van der Waals surface area contributed by atoms with E-state index in [9.17, 15) is 0 Å². The minimum Gasteiger partial charge on any atom is -0.493 e. The Balaban J connectivity index is 1.70. The number of rotatable bonds is 6. The van der Waals surface area contributed by atoms with Crippen molar-refractivity contribution in [1.82, 2.24) is 5.32 Å². The number of piperidine rings is 1. The van der Waals surface area contributed by atoms with Crippen molar-refractivity contribution in [3.63, 3.8) is 0 Å². The molecule has 1 saturated carbocycles. The second kappa shape index (κ2) is 7.01. The third-order valence-corrected chi connectivity index (χ3v) is 5.02. The Labute approximate surface area is 135 Å². The summed E-state index contributed by atoms with van der Waals surface area (Å²) in [6.45, 7) is 3.10. The molecule has 1 aromatic carbocycles. The zero-order valence-corrected chi connectivity index (χ0v) is 14.2. The first-order chi connectivity index (χ1) is 10.3. The average molecular weight is 354 g/mol. The lowest BCUT2D eigenvalue weighted by Gasteiger charge is -2.23. The van der Waals surface area contributed by atoms with E-state index in [1.807, 2.05) is 0 Å². The highest BCUT2D eigenvalue weighted by Gasteiger charge is 2.23. The SMILES string of the molecule is COc1cc(CC2CCNCC2)cc(Br)c1OCC1CC1. The van der Waals surface area contributed by atoms with Gasteiger partial charge in [-0.25, -0.2) is 0 Å². The van der Waals surface area contributed by atoms with Gasteiger partial charge >= 0.3 is 0 Å². The second-order valence-electron chi connectivity index (χ2n) is 6.26. The summed E-state index contributed by atoms with van der Waals surface area (Å²) in [6, 6.07) is 4.35. The molecule has 0 atom stereocenters. The fourth-order valence-electron chi connectivity index (χ4n) is 2.94. The zero-order valence-electron chi connectivity index (χ0n) is 12.7. The monoisotopic (exact) mass is 353 g/mol. The molecule has 0 bridgehead atoms. The van der Waals surface area contributed by atoms with Gasteiger partial charge in [0.15, 0.2) is 11.5 Å². The number of benzene rings is 1. The Bertz CT molecular complexity index is 482. The Hall–Kier alpha value is -0.740. The van der Waals surface area contributed by atoms with Crippen LogP contribution < -0.4 is 14.8 Å². The zero-order chi connectivity index (χ0) is 14.7. The molecule has 1 saturated heterocycles. The van der Waals surface area contributed by atoms with Gasteiger partial charge in [0, 0.05) is 0 Å². The van der Waals surface area contributed by atoms with Crippen LogP contribution in [-0.2, 0) is 6.42 Å². The van der Waals surface area contributed by atoms with Gasteiger partial charge in [-0.05, 0) is 90.7 Å². The molecule has 116 valence electrons. The summed E-state index contributed by atoms with van der Waals surface area (Å²) in [5.41, 5.74) is 1.34. The number of ether oxygens (including phenoxy) is 2. The largest absolute Gasteiger partial charge is 0.493 e. The summed E-state index contributed by atoms with van der Waals surface area (Å²) in [5, 5.41) is 3.42. The van der Waals surface area contributed by atoms with Gasteiger partial charge in [0.25, 0.3) is 0 Å². The van der Waals surface area contributed by atoms with Gasteiger partial charge in [-0.2, -0.15) is 0 Å². The summed E-state index contributed by atoms with van der Waals surface area (Å²) < 4.78 is 12.5. The van der Waals surface area contributed by atoms with Gasteiger partial charge in [0.1, 0.15) is 0 Å². The van der Waals surface area contributed by atoms with E-state index in [0.717, 1.165) is 53.9 Å². The number of methoxy groups -OCH3 is 1. The van der Waals surface area contributed by atoms with Gasteiger partial charge in [0.05, 0.1) is 18.2 Å². The van der Waals surface area contributed by atoms with Crippen molar-refractivity contribution in [3.05, 3.63) is 22.2 Å². The molecule has 0 unspecified atom stereocenters. The van der Waals surface area contributed by atoms with Gasteiger partial charge < -0.3 is 14.8 Å². The van der Waals surface area contributed by atoms with Crippen LogP contribution in [0.25, 0.3) is 0 Å². The molecule has 0 amide bonds. The van der Waals surface area contributed by atoms with Gasteiger partial charge in [-0.15, -0.1) is 0 Å². The molecule has 1 N–H and O–H groups in total. The topological polar surface area (TPSA) is 30.5 Å². The quantitative estimate of drug-likeness (QED) is 0.843. The van der Waals surface area contributed by atoms with Gasteiger partial charge in [-0.1, -0.05) is 0 Å². The number of hydrogen-bond donors (Lipinski definition) is 1. The molecule has 0 spiro atoms. The van der Waals surface area contributed by atoms with Crippen LogP contribution >= 0.6 is 15.9 Å². The Morgan fingerprint density at radius 3 is 2.57 bits per heavy atom. The summed E-state index contributed by atoms with van der Waals surface area (Å²) in [7, 11) is 1.72. The Morgan fingerprint density at radius 2 is 1.90 bits per heavy atom. The molecule has 1 aromatic rings. The normalized spacial score (nSPS) is 19.5. The molecule has 0 radical (unpaired) electrons. The van der Waals surface area contributed by atoms with Gasteiger partial charge in [0.2, 0.25) is 0 Å². The minimum absolute atomic E-state index is 0.746. The van der Waals surface area contributed by atoms with E-state index in [0.29, 0.717) is 0 Å². The molecule has 2 fully saturated rings. The van der Waals surface area contributed by atoms with Crippen molar-refractivity contribution in [1.29, 1.82) is 0 Å². The van der Waals surface area contributed by atoms with E-state index in [-0.39, 0.29) is 0 Å². The molecule has 21 heavy (non-hydrogen) atoms. The number of hydrogen-bond acceptors (Lipinski definition) is 3. The lowest BCUT2D eigenvalue weighted by Crippen LogP contribution is -2.28. The first kappa shape index (κ1) is 15.2. The van der Waals surface area contributed by atoms with Crippen molar-refractivity contribution in [2.24, 2.45) is 11.8 Å². The maximum absolute atomic E-state index is 5.95. The predicted octanol–water partition coefficient (Wildman–Crippen LogP) is 3.79. The van der Waals surface area contributed by atoms with E-state index in [4.69, 9.17) is 9.47 Å². The smallest absolute Gasteiger partial charge is 0.175 e. The third kappa shape index (κ3) is 4.13. The van der Waals surface area contributed by atoms with Crippen molar-refractivity contribution < 1.29 is 9.47 Å². The van der Waals surface area contributed by atoms with Crippen LogP contribution in [0.1, 0.15) is 31.2 Å². The molecule has 4 heteroatoms. The molecule has 0 aromatic heterocycles. The maximum Gasteiger partial charge on any atom is 0.175 e. The lowest BCUT2D eigenvalue weighted by molar-refractivity contribution is 0.278. The lowest BCUT2D eigenvalue weighted by atomic mass is 9.91. The van der Waals surface area contributed by atoms with Crippen molar-refractivity contribution >= 4 is 15.9 Å². The van der Waals surface area contributed by atoms with E-state index >= 15 is 0 Å². The second-order valence-corrected chi connectivity index (χ2v) is 7.12. The van der Waals surface area contributed by atoms with Crippen molar-refractivity contribution in [3.8, 4) is 11.5 Å². The Kier molecular flexibility index (Phi) is 5.07. The van der Waals surface area contributed by atoms with Crippen molar-refractivity contribution in [2.45, 2.75) is 32.1 Å². The van der Waals surface area contributed by atoms with Crippen LogP contribution in [0, 0.1) is 11.8 Å². The van der Waals surface area contributed by atoms with Crippen LogP contribution in [0.3, 0.4) is 0 Å². The molecular weight excluding hydrogens is 330 g/mol.